The molecule has 0 spiro atoms. The molecular weight excluding hydrogens is 222 g/mol. The SMILES string of the molecule is Cc1ccc(CCN)cc1-n1ccc(C(C)C)n1. The van der Waals surface area contributed by atoms with Crippen LogP contribution in [0.15, 0.2) is 30.5 Å². The van der Waals surface area contributed by atoms with Gasteiger partial charge in [-0.3, -0.25) is 0 Å². The Morgan fingerprint density at radius 3 is 2.67 bits per heavy atom. The topological polar surface area (TPSA) is 43.8 Å². The predicted octanol–water partition coefficient (Wildman–Crippen LogP) is 2.81. The minimum Gasteiger partial charge on any atom is -0.330 e. The number of nitrogens with two attached hydrogens (primary N) is 1. The number of nitrogens with zero attached hydrogens (tertiary/aromatic N) is 2. The summed E-state index contributed by atoms with van der Waals surface area (Å²) in [6.07, 6.45) is 2.94. The van der Waals surface area contributed by atoms with Crippen molar-refractivity contribution < 1.29 is 0 Å². The molecule has 3 heteroatoms. The van der Waals surface area contributed by atoms with Crippen LogP contribution < -0.4 is 5.73 Å². The maximum atomic E-state index is 5.61. The van der Waals surface area contributed by atoms with Crippen LogP contribution in [-0.4, -0.2) is 16.3 Å². The molecule has 0 fully saturated rings. The lowest BCUT2D eigenvalue weighted by Crippen LogP contribution is -2.05. The summed E-state index contributed by atoms with van der Waals surface area (Å²) in [6, 6.07) is 8.54. The van der Waals surface area contributed by atoms with Crippen molar-refractivity contribution in [2.75, 3.05) is 6.54 Å². The molecule has 2 aromatic rings. The molecule has 0 bridgehead atoms. The van der Waals surface area contributed by atoms with E-state index >= 15 is 0 Å². The van der Waals surface area contributed by atoms with Gasteiger partial charge in [0.25, 0.3) is 0 Å². The van der Waals surface area contributed by atoms with Gasteiger partial charge in [0.1, 0.15) is 0 Å². The first-order valence-corrected chi connectivity index (χ1v) is 6.47. The summed E-state index contributed by atoms with van der Waals surface area (Å²) in [6.45, 7) is 7.10. The van der Waals surface area contributed by atoms with Crippen molar-refractivity contribution in [1.82, 2.24) is 9.78 Å². The Balaban J connectivity index is 2.38. The number of benzene rings is 1. The molecule has 0 saturated heterocycles. The van der Waals surface area contributed by atoms with E-state index in [0.717, 1.165) is 17.8 Å². The van der Waals surface area contributed by atoms with Crippen molar-refractivity contribution >= 4 is 0 Å². The third kappa shape index (κ3) is 2.62. The van der Waals surface area contributed by atoms with Crippen LogP contribution in [0.5, 0.6) is 0 Å². The van der Waals surface area contributed by atoms with Gasteiger partial charge in [-0.1, -0.05) is 26.0 Å². The minimum atomic E-state index is 0.457. The van der Waals surface area contributed by atoms with E-state index in [2.05, 4.69) is 50.1 Å². The van der Waals surface area contributed by atoms with Gasteiger partial charge >= 0.3 is 0 Å². The van der Waals surface area contributed by atoms with Crippen molar-refractivity contribution in [2.45, 2.75) is 33.1 Å². The lowest BCUT2D eigenvalue weighted by Gasteiger charge is -2.09. The van der Waals surface area contributed by atoms with Gasteiger partial charge < -0.3 is 5.73 Å². The van der Waals surface area contributed by atoms with Crippen LogP contribution in [-0.2, 0) is 6.42 Å². The van der Waals surface area contributed by atoms with Gasteiger partial charge in [0, 0.05) is 6.20 Å². The van der Waals surface area contributed by atoms with Crippen LogP contribution >= 0.6 is 0 Å². The van der Waals surface area contributed by atoms with Crippen LogP contribution in [0.3, 0.4) is 0 Å². The second kappa shape index (κ2) is 5.36. The Labute approximate surface area is 109 Å². The highest BCUT2D eigenvalue weighted by molar-refractivity contribution is 5.43. The number of aryl methyl sites for hydroxylation is 1. The quantitative estimate of drug-likeness (QED) is 0.897. The lowest BCUT2D eigenvalue weighted by atomic mass is 10.1. The fourth-order valence-corrected chi connectivity index (χ4v) is 2.00. The van der Waals surface area contributed by atoms with E-state index in [1.807, 2.05) is 10.9 Å². The van der Waals surface area contributed by atoms with Crippen molar-refractivity contribution in [3.8, 4) is 5.69 Å². The largest absolute Gasteiger partial charge is 0.330 e. The maximum Gasteiger partial charge on any atom is 0.0677 e. The molecule has 0 amide bonds. The van der Waals surface area contributed by atoms with Gasteiger partial charge in [-0.15, -0.1) is 0 Å². The van der Waals surface area contributed by atoms with Gasteiger partial charge in [-0.05, 0) is 49.1 Å². The zero-order chi connectivity index (χ0) is 13.1. The first-order chi connectivity index (χ1) is 8.61. The summed E-state index contributed by atoms with van der Waals surface area (Å²) in [7, 11) is 0. The zero-order valence-electron chi connectivity index (χ0n) is 11.4. The van der Waals surface area contributed by atoms with Crippen molar-refractivity contribution in [1.29, 1.82) is 0 Å². The molecule has 0 radical (unpaired) electrons. The second-order valence-electron chi connectivity index (χ2n) is 5.00. The average Bonchev–Trinajstić information content (AvgIpc) is 2.81. The summed E-state index contributed by atoms with van der Waals surface area (Å²) in [4.78, 5) is 0. The highest BCUT2D eigenvalue weighted by atomic mass is 15.3. The summed E-state index contributed by atoms with van der Waals surface area (Å²) in [5.41, 5.74) is 10.4. The molecule has 3 nitrogen and oxygen atoms in total. The summed E-state index contributed by atoms with van der Waals surface area (Å²) < 4.78 is 1.96. The zero-order valence-corrected chi connectivity index (χ0v) is 11.4. The Kier molecular flexibility index (Phi) is 3.82. The summed E-state index contributed by atoms with van der Waals surface area (Å²) in [5, 5.41) is 4.63. The van der Waals surface area contributed by atoms with Crippen LogP contribution in [0.2, 0.25) is 0 Å². The average molecular weight is 243 g/mol. The van der Waals surface area contributed by atoms with Gasteiger partial charge in [-0.2, -0.15) is 5.10 Å². The van der Waals surface area contributed by atoms with E-state index in [0.29, 0.717) is 12.5 Å². The molecule has 0 unspecified atom stereocenters. The Morgan fingerprint density at radius 2 is 2.06 bits per heavy atom. The van der Waals surface area contributed by atoms with Gasteiger partial charge in [0.05, 0.1) is 11.4 Å². The van der Waals surface area contributed by atoms with Crippen LogP contribution in [0.4, 0.5) is 0 Å². The minimum absolute atomic E-state index is 0.457. The second-order valence-corrected chi connectivity index (χ2v) is 5.00. The fourth-order valence-electron chi connectivity index (χ4n) is 2.00. The van der Waals surface area contributed by atoms with Crippen molar-refractivity contribution in [2.24, 2.45) is 5.73 Å². The van der Waals surface area contributed by atoms with E-state index in [-0.39, 0.29) is 0 Å². The molecule has 96 valence electrons. The molecule has 2 N–H and O–H groups in total. The number of hydrogen-bond donors (Lipinski definition) is 1. The summed E-state index contributed by atoms with van der Waals surface area (Å²) in [5.74, 6) is 0.457. The standard InChI is InChI=1S/C15H21N3/c1-11(2)14-7-9-18(17-14)15-10-13(6-8-16)5-4-12(15)3/h4-5,7,9-11H,6,8,16H2,1-3H3. The molecule has 0 aliphatic rings. The summed E-state index contributed by atoms with van der Waals surface area (Å²) >= 11 is 0. The molecule has 0 atom stereocenters. The van der Waals surface area contributed by atoms with Gasteiger partial charge in [0.15, 0.2) is 0 Å². The lowest BCUT2D eigenvalue weighted by molar-refractivity contribution is 0.765. The molecule has 0 saturated carbocycles. The number of aromatic nitrogens is 2. The normalized spacial score (nSPS) is 11.2. The van der Waals surface area contributed by atoms with E-state index in [1.54, 1.807) is 0 Å². The first-order valence-electron chi connectivity index (χ1n) is 6.47. The van der Waals surface area contributed by atoms with E-state index in [4.69, 9.17) is 5.73 Å². The van der Waals surface area contributed by atoms with Gasteiger partial charge in [0.2, 0.25) is 0 Å². The molecular formula is C15H21N3. The Bertz CT molecular complexity index is 526. The third-order valence-corrected chi connectivity index (χ3v) is 3.15. The predicted molar refractivity (Wildman–Crippen MR) is 75.1 cm³/mol. The Hall–Kier alpha value is -1.61. The monoisotopic (exact) mass is 243 g/mol. The highest BCUT2D eigenvalue weighted by Crippen LogP contribution is 2.18. The van der Waals surface area contributed by atoms with Crippen LogP contribution in [0.1, 0.15) is 36.6 Å². The number of rotatable bonds is 4. The van der Waals surface area contributed by atoms with E-state index in [1.165, 1.54) is 11.1 Å². The molecule has 18 heavy (non-hydrogen) atoms. The van der Waals surface area contributed by atoms with Crippen LogP contribution in [0, 0.1) is 6.92 Å². The van der Waals surface area contributed by atoms with Crippen molar-refractivity contribution in [3.63, 3.8) is 0 Å². The first kappa shape index (κ1) is 12.8. The molecule has 1 heterocycles. The molecule has 0 aliphatic carbocycles. The highest BCUT2D eigenvalue weighted by Gasteiger charge is 2.07. The van der Waals surface area contributed by atoms with Crippen LogP contribution in [0.25, 0.3) is 5.69 Å². The Morgan fingerprint density at radius 1 is 1.28 bits per heavy atom. The molecule has 2 rings (SSSR count). The van der Waals surface area contributed by atoms with E-state index in [9.17, 15) is 0 Å². The third-order valence-electron chi connectivity index (χ3n) is 3.15. The molecule has 1 aromatic heterocycles. The fraction of sp³-hybridized carbons (Fsp3) is 0.400. The molecule has 1 aromatic carbocycles. The van der Waals surface area contributed by atoms with Crippen molar-refractivity contribution in [3.05, 3.63) is 47.3 Å². The molecule has 0 aliphatic heterocycles. The van der Waals surface area contributed by atoms with E-state index < -0.39 is 0 Å². The number of hydrogen-bond acceptors (Lipinski definition) is 2. The maximum absolute atomic E-state index is 5.61. The smallest absolute Gasteiger partial charge is 0.0677 e. The van der Waals surface area contributed by atoms with Gasteiger partial charge in [-0.25, -0.2) is 4.68 Å².